The number of carbonyl (C=O) groups excluding carboxylic acids is 2. The smallest absolute Gasteiger partial charge is 0.355 e. The van der Waals surface area contributed by atoms with Crippen molar-refractivity contribution in [3.8, 4) is 0 Å². The van der Waals surface area contributed by atoms with E-state index in [1.807, 2.05) is 4.90 Å². The number of carbonyl (C=O) groups is 2. The van der Waals surface area contributed by atoms with Gasteiger partial charge in [0.25, 0.3) is 0 Å². The summed E-state index contributed by atoms with van der Waals surface area (Å²) in [6.45, 7) is 1.08. The zero-order valence-electron chi connectivity index (χ0n) is 17.2. The lowest BCUT2D eigenvalue weighted by molar-refractivity contribution is -0.137. The largest absolute Gasteiger partial charge is 0.417 e. The number of pyridine rings is 2. The molecule has 170 valence electrons. The predicted octanol–water partition coefficient (Wildman–Crippen LogP) is 4.99. The fourth-order valence-electron chi connectivity index (χ4n) is 3.87. The van der Waals surface area contributed by atoms with Crippen molar-refractivity contribution in [2.75, 3.05) is 23.3 Å². The van der Waals surface area contributed by atoms with Gasteiger partial charge in [-0.05, 0) is 49.8 Å². The number of hydrogen-bond acceptors (Lipinski definition) is 5. The van der Waals surface area contributed by atoms with Gasteiger partial charge in [-0.25, -0.2) is 9.97 Å². The van der Waals surface area contributed by atoms with E-state index in [0.717, 1.165) is 37.9 Å². The second kappa shape index (κ2) is 9.05. The summed E-state index contributed by atoms with van der Waals surface area (Å²) in [6.07, 6.45) is 1.38. The number of nitrogens with zero attached hydrogens (tertiary/aromatic N) is 3. The number of nitrogens with one attached hydrogen (secondary N) is 1. The summed E-state index contributed by atoms with van der Waals surface area (Å²) in [4.78, 5) is 34.6. The molecule has 1 saturated carbocycles. The maximum Gasteiger partial charge on any atom is 0.417 e. The van der Waals surface area contributed by atoms with Crippen molar-refractivity contribution in [3.05, 3.63) is 46.7 Å². The van der Waals surface area contributed by atoms with Crippen molar-refractivity contribution in [1.29, 1.82) is 0 Å². The van der Waals surface area contributed by atoms with Gasteiger partial charge in [-0.15, -0.1) is 0 Å². The van der Waals surface area contributed by atoms with Gasteiger partial charge in [-0.3, -0.25) is 9.59 Å². The van der Waals surface area contributed by atoms with Crippen molar-refractivity contribution in [3.63, 3.8) is 0 Å². The Balaban J connectivity index is 1.40. The highest BCUT2D eigenvalue weighted by molar-refractivity contribution is 6.33. The maximum atomic E-state index is 12.9. The van der Waals surface area contributed by atoms with E-state index in [-0.39, 0.29) is 35.0 Å². The number of amides is 1. The summed E-state index contributed by atoms with van der Waals surface area (Å²) in [6, 6.07) is 4.08. The van der Waals surface area contributed by atoms with Crippen LogP contribution in [0.15, 0.2) is 30.6 Å². The summed E-state index contributed by atoms with van der Waals surface area (Å²) < 4.78 is 38.6. The Bertz CT molecular complexity index is 1030. The van der Waals surface area contributed by atoms with Crippen LogP contribution >= 0.6 is 11.6 Å². The number of anilines is 2. The first-order valence-corrected chi connectivity index (χ1v) is 10.9. The normalized spacial score (nSPS) is 19.0. The van der Waals surface area contributed by atoms with E-state index in [1.165, 1.54) is 6.20 Å². The molecular weight excluding hydrogens is 445 g/mol. The highest BCUT2D eigenvalue weighted by atomic mass is 35.5. The van der Waals surface area contributed by atoms with Gasteiger partial charge < -0.3 is 10.2 Å². The Kier molecular flexibility index (Phi) is 6.37. The third kappa shape index (κ3) is 5.38. The number of ketones is 1. The van der Waals surface area contributed by atoms with Crippen LogP contribution in [-0.4, -0.2) is 34.7 Å². The number of hydrogen-bond donors (Lipinski definition) is 1. The molecule has 1 N–H and O–H groups in total. The summed E-state index contributed by atoms with van der Waals surface area (Å²) in [7, 11) is 0. The summed E-state index contributed by atoms with van der Waals surface area (Å²) in [5.74, 6) is 0.548. The molecule has 1 aliphatic heterocycles. The Morgan fingerprint density at radius 1 is 1.19 bits per heavy atom. The molecule has 0 radical (unpaired) electrons. The molecule has 1 amide bonds. The number of Topliss-reactive ketones (excluding diaryl/α,β-unsaturated/α-hetero) is 1. The van der Waals surface area contributed by atoms with Crippen LogP contribution in [0.25, 0.3) is 0 Å². The van der Waals surface area contributed by atoms with Crippen molar-refractivity contribution in [2.45, 2.75) is 38.3 Å². The van der Waals surface area contributed by atoms with Crippen molar-refractivity contribution in [1.82, 2.24) is 9.97 Å². The van der Waals surface area contributed by atoms with E-state index in [2.05, 4.69) is 15.3 Å². The number of rotatable bonds is 6. The van der Waals surface area contributed by atoms with Gasteiger partial charge >= 0.3 is 6.18 Å². The third-order valence-corrected chi connectivity index (χ3v) is 6.00. The summed E-state index contributed by atoms with van der Waals surface area (Å²) >= 11 is 6.09. The second-order valence-electron chi connectivity index (χ2n) is 8.30. The van der Waals surface area contributed by atoms with E-state index >= 15 is 0 Å². The number of halogens is 4. The zero-order chi connectivity index (χ0) is 22.9. The molecule has 0 aromatic carbocycles. The molecule has 1 saturated heterocycles. The quantitative estimate of drug-likeness (QED) is 0.607. The molecule has 6 nitrogen and oxygen atoms in total. The maximum absolute atomic E-state index is 12.9. The first-order valence-electron chi connectivity index (χ1n) is 10.5. The van der Waals surface area contributed by atoms with Crippen LogP contribution in [0.4, 0.5) is 24.8 Å². The van der Waals surface area contributed by atoms with Crippen molar-refractivity contribution < 1.29 is 22.8 Å². The van der Waals surface area contributed by atoms with Crippen LogP contribution in [0.3, 0.4) is 0 Å². The predicted molar refractivity (Wildman–Crippen MR) is 114 cm³/mol. The van der Waals surface area contributed by atoms with Gasteiger partial charge in [0, 0.05) is 43.4 Å². The van der Waals surface area contributed by atoms with E-state index in [4.69, 9.17) is 11.6 Å². The average Bonchev–Trinajstić information content (AvgIpc) is 3.59. The Morgan fingerprint density at radius 2 is 1.97 bits per heavy atom. The highest BCUT2D eigenvalue weighted by Crippen LogP contribution is 2.35. The molecule has 2 fully saturated rings. The molecule has 1 aliphatic carbocycles. The average molecular weight is 467 g/mol. The topological polar surface area (TPSA) is 75.2 Å². The summed E-state index contributed by atoms with van der Waals surface area (Å²) in [5.41, 5.74) is -0.425. The standard InChI is InChI=1S/C22H22ClF3N4O2/c23-17-10-16(22(24,25)26)11-28-20(17)30-7-1-2-13(12-30)8-18(31)15-5-6-27-19(9-15)29-21(32)14-3-4-14/h5-6,9-11,13-14H,1-4,7-8,12H2,(H,27,29,32)/t13-/m1/s1. The molecule has 3 heterocycles. The van der Waals surface area contributed by atoms with Crippen molar-refractivity contribution >= 4 is 34.9 Å². The van der Waals surface area contributed by atoms with Crippen molar-refractivity contribution in [2.24, 2.45) is 11.8 Å². The molecule has 2 aromatic heterocycles. The van der Waals surface area contributed by atoms with E-state index in [9.17, 15) is 22.8 Å². The lowest BCUT2D eigenvalue weighted by Gasteiger charge is -2.34. The van der Waals surface area contributed by atoms with E-state index in [1.54, 1.807) is 12.1 Å². The second-order valence-corrected chi connectivity index (χ2v) is 8.71. The van der Waals surface area contributed by atoms with Gasteiger partial charge in [-0.1, -0.05) is 11.6 Å². The lowest BCUT2D eigenvalue weighted by atomic mass is 9.91. The first kappa shape index (κ1) is 22.5. The van der Waals surface area contributed by atoms with Crippen LogP contribution in [0.2, 0.25) is 5.02 Å². The Labute approximate surface area is 188 Å². The number of piperidine rings is 1. The number of alkyl halides is 3. The molecule has 0 unspecified atom stereocenters. The Morgan fingerprint density at radius 3 is 2.66 bits per heavy atom. The van der Waals surface area contributed by atoms with Gasteiger partial charge in [0.1, 0.15) is 11.6 Å². The zero-order valence-corrected chi connectivity index (χ0v) is 17.9. The molecule has 0 bridgehead atoms. The van der Waals surface area contributed by atoms with Gasteiger partial charge in [0.2, 0.25) is 5.91 Å². The van der Waals surface area contributed by atoms with Crippen LogP contribution in [-0.2, 0) is 11.0 Å². The molecule has 0 spiro atoms. The minimum Gasteiger partial charge on any atom is -0.355 e. The van der Waals surface area contributed by atoms with Crippen LogP contribution in [0, 0.1) is 11.8 Å². The van der Waals surface area contributed by atoms with Gasteiger partial charge in [-0.2, -0.15) is 13.2 Å². The van der Waals surface area contributed by atoms with Gasteiger partial charge in [0.15, 0.2) is 5.78 Å². The molecule has 32 heavy (non-hydrogen) atoms. The fourth-order valence-corrected chi connectivity index (χ4v) is 4.15. The molecule has 4 rings (SSSR count). The van der Waals surface area contributed by atoms with E-state index < -0.39 is 11.7 Å². The molecule has 1 atom stereocenters. The molecule has 2 aromatic rings. The van der Waals surface area contributed by atoms with Crippen LogP contribution in [0.1, 0.15) is 48.0 Å². The third-order valence-electron chi connectivity index (χ3n) is 5.72. The fraction of sp³-hybridized carbons (Fsp3) is 0.455. The van der Waals surface area contributed by atoms with Crippen LogP contribution in [0.5, 0.6) is 0 Å². The van der Waals surface area contributed by atoms with Gasteiger partial charge in [0.05, 0.1) is 10.6 Å². The first-order chi connectivity index (χ1) is 15.2. The minimum atomic E-state index is -4.51. The SMILES string of the molecule is O=C(C[C@H]1CCCN(c2ncc(C(F)(F)F)cc2Cl)C1)c1ccnc(NC(=O)C2CC2)c1. The number of aromatic nitrogens is 2. The summed E-state index contributed by atoms with van der Waals surface area (Å²) in [5, 5.41) is 2.68. The Hall–Kier alpha value is -2.68. The molecule has 2 aliphatic rings. The highest BCUT2D eigenvalue weighted by Gasteiger charge is 2.33. The molecule has 10 heteroatoms. The van der Waals surface area contributed by atoms with Crippen LogP contribution < -0.4 is 10.2 Å². The lowest BCUT2D eigenvalue weighted by Crippen LogP contribution is -2.37. The van der Waals surface area contributed by atoms with E-state index in [0.29, 0.717) is 30.3 Å². The monoisotopic (exact) mass is 466 g/mol. The molecular formula is C22H22ClF3N4O2. The minimum absolute atomic E-state index is 0.00841.